The van der Waals surface area contributed by atoms with E-state index in [9.17, 15) is 14.4 Å². The largest absolute Gasteiger partial charge is 2.00 e. The second-order valence-corrected chi connectivity index (χ2v) is 7.97. The Labute approximate surface area is 175 Å². The number of nitrogens with zero attached hydrogens (tertiary/aromatic N) is 2. The molecule has 7 nitrogen and oxygen atoms in total. The van der Waals surface area contributed by atoms with Gasteiger partial charge in [0.05, 0.1) is 22.8 Å². The summed E-state index contributed by atoms with van der Waals surface area (Å²) in [5.74, 6) is 0. The predicted octanol–water partition coefficient (Wildman–Crippen LogP) is 2.19. The van der Waals surface area contributed by atoms with Gasteiger partial charge in [-0.1, -0.05) is 0 Å². The van der Waals surface area contributed by atoms with Crippen molar-refractivity contribution in [2.24, 2.45) is 0 Å². The third-order valence-corrected chi connectivity index (χ3v) is 5.48. The Morgan fingerprint density at radius 1 is 0.724 bits per heavy atom. The van der Waals surface area contributed by atoms with E-state index in [1.807, 2.05) is 30.4 Å². The number of hydrogen-bond donors (Lipinski definition) is 2. The van der Waals surface area contributed by atoms with Gasteiger partial charge in [-0.3, -0.25) is 0 Å². The molecule has 2 aliphatic heterocycles. The Morgan fingerprint density at radius 2 is 1.24 bits per heavy atom. The van der Waals surface area contributed by atoms with Crippen LogP contribution in [0.3, 0.4) is 0 Å². The first-order valence-corrected chi connectivity index (χ1v) is 10.1. The number of rotatable bonds is 1. The van der Waals surface area contributed by atoms with E-state index in [0.717, 1.165) is 16.7 Å². The minimum atomic E-state index is -5.07. The molecular weight excluding hydrogens is 434 g/mol. The quantitative estimate of drug-likeness (QED) is 0.382. The molecule has 0 spiro atoms. The number of H-pyrrole nitrogens is 2. The molecule has 8 bridgehead atoms. The third kappa shape index (κ3) is 3.89. The second-order valence-electron chi connectivity index (χ2n) is 6.53. The number of aromatic amines is 2. The van der Waals surface area contributed by atoms with Crippen LogP contribution in [0.25, 0.3) is 46.4 Å². The third-order valence-electron chi connectivity index (χ3n) is 4.47. The van der Waals surface area contributed by atoms with E-state index in [-0.39, 0.29) is 33.3 Å². The molecule has 3 aromatic rings. The van der Waals surface area contributed by atoms with E-state index in [2.05, 4.69) is 19.9 Å². The van der Waals surface area contributed by atoms with E-state index in [0.29, 0.717) is 16.9 Å². The minimum absolute atomic E-state index is 0. The molecule has 0 atom stereocenters. The molecule has 2 N–H and O–H groups in total. The molecule has 0 aliphatic carbocycles. The molecule has 0 amide bonds. The van der Waals surface area contributed by atoms with Crippen molar-refractivity contribution in [3.63, 3.8) is 0 Å². The van der Waals surface area contributed by atoms with Gasteiger partial charge in [0.15, 0.2) is 0 Å². The second kappa shape index (κ2) is 7.26. The summed E-state index contributed by atoms with van der Waals surface area (Å²) in [5.41, 5.74) is 4.71. The molecule has 5 heterocycles. The number of hydrogen-bond acceptors (Lipinski definition) is 5. The normalized spacial score (nSPS) is 12.8. The average Bonchev–Trinajstić information content (AvgIpc) is 3.38. The minimum Gasteiger partial charge on any atom is -0.807 e. The molecule has 5 rings (SSSR count). The molecule has 9 heteroatoms. The van der Waals surface area contributed by atoms with Gasteiger partial charge in [0.25, 0.3) is 0 Å². The van der Waals surface area contributed by atoms with Crippen molar-refractivity contribution in [2.75, 3.05) is 0 Å². The van der Waals surface area contributed by atoms with Crippen LogP contribution in [0.2, 0.25) is 0 Å². The Balaban J connectivity index is 0.00000205. The summed E-state index contributed by atoms with van der Waals surface area (Å²) < 4.78 is 12.0. The van der Waals surface area contributed by atoms with Crippen LogP contribution in [0.15, 0.2) is 42.5 Å². The number of aromatic nitrogens is 4. The van der Waals surface area contributed by atoms with Gasteiger partial charge in [-0.15, -0.1) is 0 Å². The maximum Gasteiger partial charge on any atom is 2.00 e. The topological polar surface area (TPSA) is 121 Å². The first kappa shape index (κ1) is 19.6. The Kier molecular flexibility index (Phi) is 4.90. The molecule has 0 fully saturated rings. The van der Waals surface area contributed by atoms with Crippen molar-refractivity contribution in [3.8, 4) is 0 Å². The number of nitrogens with one attached hydrogen (secondary N) is 2. The van der Waals surface area contributed by atoms with Crippen LogP contribution in [0.4, 0.5) is 0 Å². The molecular formula is C20H13CoN4O3P. The monoisotopic (exact) mass is 447 g/mol. The summed E-state index contributed by atoms with van der Waals surface area (Å²) in [4.78, 5) is 39.0. The van der Waals surface area contributed by atoms with Crippen molar-refractivity contribution in [3.05, 3.63) is 65.2 Å². The standard InChI is InChI=1S/C20H15N4O3P.Co/c25-28(26,27)20-18-7-5-16(23-18)10-14-3-1-12(21-14)9-13-2-4-15(22-13)11-17-6-8-19(20)24-17;/h1-11,21,24H,(H2,25,26,27);/q;+2/p-2. The fourth-order valence-electron chi connectivity index (χ4n) is 3.28. The molecule has 3 aromatic heterocycles. The van der Waals surface area contributed by atoms with Crippen molar-refractivity contribution < 1.29 is 31.1 Å². The number of fused-ring (bicyclic) bond motifs is 8. The maximum absolute atomic E-state index is 12.0. The first-order valence-electron chi connectivity index (χ1n) is 8.54. The average molecular weight is 447 g/mol. The van der Waals surface area contributed by atoms with Crippen LogP contribution in [-0.2, 0) is 21.3 Å². The van der Waals surface area contributed by atoms with Crippen molar-refractivity contribution >= 4 is 59.3 Å². The molecule has 0 unspecified atom stereocenters. The summed E-state index contributed by atoms with van der Waals surface area (Å²) in [6, 6.07) is 12.6. The first-order chi connectivity index (χ1) is 13.4. The SMILES string of the molecule is O=P([O-])([O-])c1c2nc(cc3ccc(cc4nc(cc5ccc1[nH]5)C=C4)[nH]3)C=C2.[Co+2]. The van der Waals surface area contributed by atoms with Gasteiger partial charge in [-0.2, -0.15) is 0 Å². The molecule has 0 saturated heterocycles. The Hall–Kier alpha value is -2.74. The summed E-state index contributed by atoms with van der Waals surface area (Å²) >= 11 is 0. The molecule has 0 saturated carbocycles. The van der Waals surface area contributed by atoms with E-state index < -0.39 is 7.60 Å². The molecule has 145 valence electrons. The van der Waals surface area contributed by atoms with Gasteiger partial charge in [0, 0.05) is 27.4 Å². The van der Waals surface area contributed by atoms with Gasteiger partial charge in [-0.25, -0.2) is 9.97 Å². The fraction of sp³-hybridized carbons (Fsp3) is 0. The zero-order valence-electron chi connectivity index (χ0n) is 14.8. The van der Waals surface area contributed by atoms with Gasteiger partial charge < -0.3 is 24.3 Å². The van der Waals surface area contributed by atoms with Crippen molar-refractivity contribution in [1.82, 2.24) is 19.9 Å². The van der Waals surface area contributed by atoms with Crippen molar-refractivity contribution in [1.29, 1.82) is 0 Å². The van der Waals surface area contributed by atoms with E-state index in [1.165, 1.54) is 6.08 Å². The van der Waals surface area contributed by atoms with Crippen LogP contribution in [0.1, 0.15) is 22.8 Å². The maximum atomic E-state index is 12.0. The molecule has 0 aromatic carbocycles. The zero-order chi connectivity index (χ0) is 19.3. The van der Waals surface area contributed by atoms with E-state index >= 15 is 0 Å². The van der Waals surface area contributed by atoms with Crippen LogP contribution < -0.4 is 15.1 Å². The van der Waals surface area contributed by atoms with Crippen LogP contribution in [0, 0.1) is 0 Å². The van der Waals surface area contributed by atoms with Gasteiger partial charge in [0.1, 0.15) is 0 Å². The summed E-state index contributed by atoms with van der Waals surface area (Å²) in [6.45, 7) is 0. The fourth-order valence-corrected chi connectivity index (χ4v) is 4.11. The zero-order valence-corrected chi connectivity index (χ0v) is 16.7. The summed E-state index contributed by atoms with van der Waals surface area (Å²) in [6.07, 6.45) is 6.96. The van der Waals surface area contributed by atoms with Gasteiger partial charge in [-0.05, 0) is 74.4 Å². The van der Waals surface area contributed by atoms with E-state index in [1.54, 1.807) is 30.3 Å². The van der Waals surface area contributed by atoms with Gasteiger partial charge in [0.2, 0.25) is 0 Å². The smallest absolute Gasteiger partial charge is 0.807 e. The van der Waals surface area contributed by atoms with Crippen molar-refractivity contribution in [2.45, 2.75) is 0 Å². The summed E-state index contributed by atoms with van der Waals surface area (Å²) in [5, 5.41) is -0.351. The van der Waals surface area contributed by atoms with Crippen LogP contribution in [-0.4, -0.2) is 19.9 Å². The Morgan fingerprint density at radius 3 is 1.86 bits per heavy atom. The van der Waals surface area contributed by atoms with Crippen LogP contribution in [0.5, 0.6) is 0 Å². The summed E-state index contributed by atoms with van der Waals surface area (Å²) in [7, 11) is -5.07. The van der Waals surface area contributed by atoms with Gasteiger partial charge >= 0.3 is 16.8 Å². The van der Waals surface area contributed by atoms with Crippen LogP contribution >= 0.6 is 7.60 Å². The molecule has 1 radical (unpaired) electrons. The predicted molar refractivity (Wildman–Crippen MR) is 106 cm³/mol. The molecule has 2 aliphatic rings. The molecule has 29 heavy (non-hydrogen) atoms. The Bertz CT molecular complexity index is 1380. The van der Waals surface area contributed by atoms with E-state index in [4.69, 9.17) is 0 Å².